The number of carbonyl (C=O) groups excluding carboxylic acids is 2. The van der Waals surface area contributed by atoms with Crippen molar-refractivity contribution in [2.75, 3.05) is 14.2 Å². The Kier molecular flexibility index (Phi) is 8.48. The standard InChI is InChI=1S/C25H23ClN2O6/c1-16(33-21-6-4-5-19(26)14-21)24(29)28-27-15-17-7-10-20(11-8-17)34-25(30)18-9-12-22(31-2)23(13-18)32-3/h4-16H,1-3H3,(H,28,29)/b27-15-/t16-/m1/s1. The van der Waals surface area contributed by atoms with Crippen molar-refractivity contribution in [1.29, 1.82) is 0 Å². The molecule has 0 heterocycles. The third-order valence-electron chi connectivity index (χ3n) is 4.58. The highest BCUT2D eigenvalue weighted by atomic mass is 35.5. The van der Waals surface area contributed by atoms with Crippen LogP contribution in [-0.2, 0) is 4.79 Å². The Morgan fingerprint density at radius 3 is 2.35 bits per heavy atom. The van der Waals surface area contributed by atoms with Gasteiger partial charge in [0.05, 0.1) is 26.0 Å². The fraction of sp³-hybridized carbons (Fsp3) is 0.160. The van der Waals surface area contributed by atoms with Crippen LogP contribution in [0.2, 0.25) is 5.02 Å². The molecule has 0 unspecified atom stereocenters. The second kappa shape index (κ2) is 11.7. The van der Waals surface area contributed by atoms with E-state index < -0.39 is 18.0 Å². The maximum absolute atomic E-state index is 12.4. The lowest BCUT2D eigenvalue weighted by Crippen LogP contribution is -2.33. The zero-order valence-electron chi connectivity index (χ0n) is 18.8. The Morgan fingerprint density at radius 2 is 1.68 bits per heavy atom. The van der Waals surface area contributed by atoms with E-state index in [4.69, 9.17) is 30.5 Å². The van der Waals surface area contributed by atoms with E-state index in [1.165, 1.54) is 20.4 Å². The number of carbonyl (C=O) groups is 2. The zero-order valence-corrected chi connectivity index (χ0v) is 19.5. The van der Waals surface area contributed by atoms with Crippen molar-refractivity contribution in [1.82, 2.24) is 5.43 Å². The summed E-state index contributed by atoms with van der Waals surface area (Å²) in [6.45, 7) is 1.60. The summed E-state index contributed by atoms with van der Waals surface area (Å²) in [7, 11) is 3.00. The molecule has 0 spiro atoms. The van der Waals surface area contributed by atoms with Gasteiger partial charge in [0, 0.05) is 5.02 Å². The van der Waals surface area contributed by atoms with Crippen LogP contribution in [-0.4, -0.2) is 38.4 Å². The number of rotatable bonds is 9. The molecule has 1 amide bonds. The number of halogens is 1. The van der Waals surface area contributed by atoms with Crippen LogP contribution in [0.5, 0.6) is 23.0 Å². The maximum atomic E-state index is 12.4. The minimum absolute atomic E-state index is 0.320. The topological polar surface area (TPSA) is 95.5 Å². The average Bonchev–Trinajstić information content (AvgIpc) is 2.84. The molecule has 0 bridgehead atoms. The van der Waals surface area contributed by atoms with Crippen molar-refractivity contribution >= 4 is 29.7 Å². The molecule has 8 nitrogen and oxygen atoms in total. The normalized spacial score (nSPS) is 11.5. The van der Waals surface area contributed by atoms with Gasteiger partial charge in [0.15, 0.2) is 17.6 Å². The predicted molar refractivity (Wildman–Crippen MR) is 128 cm³/mol. The molecular weight excluding hydrogens is 460 g/mol. The number of methoxy groups -OCH3 is 2. The van der Waals surface area contributed by atoms with Crippen molar-refractivity contribution < 1.29 is 28.5 Å². The molecule has 0 saturated carbocycles. The van der Waals surface area contributed by atoms with Crippen LogP contribution in [0, 0.1) is 0 Å². The van der Waals surface area contributed by atoms with Gasteiger partial charge in [-0.25, -0.2) is 10.2 Å². The lowest BCUT2D eigenvalue weighted by molar-refractivity contribution is -0.127. The molecule has 0 aliphatic rings. The van der Waals surface area contributed by atoms with Crippen LogP contribution in [0.4, 0.5) is 0 Å². The minimum atomic E-state index is -0.769. The average molecular weight is 483 g/mol. The molecule has 0 aliphatic heterocycles. The first-order valence-corrected chi connectivity index (χ1v) is 10.6. The molecule has 0 aromatic heterocycles. The third kappa shape index (κ3) is 6.73. The predicted octanol–water partition coefficient (Wildman–Crippen LogP) is 4.49. The molecule has 0 aliphatic carbocycles. The molecule has 1 N–H and O–H groups in total. The largest absolute Gasteiger partial charge is 0.493 e. The number of nitrogens with one attached hydrogen (secondary N) is 1. The van der Waals surface area contributed by atoms with Gasteiger partial charge in [0.2, 0.25) is 0 Å². The molecule has 9 heteroatoms. The molecule has 176 valence electrons. The Morgan fingerprint density at radius 1 is 0.941 bits per heavy atom. The van der Waals surface area contributed by atoms with Gasteiger partial charge in [-0.2, -0.15) is 5.10 Å². The van der Waals surface area contributed by atoms with E-state index in [2.05, 4.69) is 10.5 Å². The third-order valence-corrected chi connectivity index (χ3v) is 4.81. The molecule has 0 fully saturated rings. The Balaban J connectivity index is 1.53. The van der Waals surface area contributed by atoms with Crippen LogP contribution < -0.4 is 24.4 Å². The summed E-state index contributed by atoms with van der Waals surface area (Å²) in [5.74, 6) is 0.819. The highest BCUT2D eigenvalue weighted by molar-refractivity contribution is 6.30. The summed E-state index contributed by atoms with van der Waals surface area (Å²) in [6, 6.07) is 18.2. The number of hydrogen-bond donors (Lipinski definition) is 1. The van der Waals surface area contributed by atoms with E-state index in [-0.39, 0.29) is 0 Å². The van der Waals surface area contributed by atoms with Crippen LogP contribution in [0.1, 0.15) is 22.8 Å². The Labute approximate surface area is 202 Å². The van der Waals surface area contributed by atoms with Gasteiger partial charge >= 0.3 is 5.97 Å². The number of nitrogens with zero attached hydrogens (tertiary/aromatic N) is 1. The molecule has 0 radical (unpaired) electrons. The number of hydrazone groups is 1. The van der Waals surface area contributed by atoms with Crippen molar-refractivity contribution in [3.8, 4) is 23.0 Å². The fourth-order valence-corrected chi connectivity index (χ4v) is 2.99. The molecule has 3 rings (SSSR count). The zero-order chi connectivity index (χ0) is 24.5. The van der Waals surface area contributed by atoms with Gasteiger partial charge in [0.1, 0.15) is 11.5 Å². The summed E-state index contributed by atoms with van der Waals surface area (Å²) in [4.78, 5) is 24.6. The number of ether oxygens (including phenoxy) is 4. The summed E-state index contributed by atoms with van der Waals surface area (Å²) < 4.78 is 21.3. The molecule has 3 aromatic carbocycles. The first-order chi connectivity index (χ1) is 16.4. The number of esters is 1. The highest BCUT2D eigenvalue weighted by Crippen LogP contribution is 2.28. The van der Waals surface area contributed by atoms with Gasteiger partial charge in [-0.1, -0.05) is 17.7 Å². The summed E-state index contributed by atoms with van der Waals surface area (Å²) in [5.41, 5.74) is 3.43. The van der Waals surface area contributed by atoms with Crippen molar-refractivity contribution in [2.45, 2.75) is 13.0 Å². The van der Waals surface area contributed by atoms with E-state index in [9.17, 15) is 9.59 Å². The van der Waals surface area contributed by atoms with E-state index in [1.54, 1.807) is 73.7 Å². The van der Waals surface area contributed by atoms with Crippen molar-refractivity contribution in [3.63, 3.8) is 0 Å². The number of hydrogen-bond acceptors (Lipinski definition) is 7. The fourth-order valence-electron chi connectivity index (χ4n) is 2.81. The Hall–Kier alpha value is -4.04. The first-order valence-electron chi connectivity index (χ1n) is 10.2. The summed E-state index contributed by atoms with van der Waals surface area (Å²) in [6.07, 6.45) is 0.693. The molecule has 0 saturated heterocycles. The lowest BCUT2D eigenvalue weighted by Gasteiger charge is -2.12. The minimum Gasteiger partial charge on any atom is -0.493 e. The lowest BCUT2D eigenvalue weighted by atomic mass is 10.2. The first kappa shape index (κ1) is 24.6. The molecular formula is C25H23ClN2O6. The van der Waals surface area contributed by atoms with Crippen molar-refractivity contribution in [3.05, 3.63) is 82.9 Å². The summed E-state index contributed by atoms with van der Waals surface area (Å²) in [5, 5.41) is 4.45. The second-order valence-electron chi connectivity index (χ2n) is 6.98. The Bertz CT molecular complexity index is 1180. The second-order valence-corrected chi connectivity index (χ2v) is 7.42. The number of benzene rings is 3. The molecule has 3 aromatic rings. The maximum Gasteiger partial charge on any atom is 0.343 e. The van der Waals surface area contributed by atoms with Gasteiger partial charge in [0.25, 0.3) is 5.91 Å². The number of amides is 1. The van der Waals surface area contributed by atoms with Gasteiger partial charge in [-0.3, -0.25) is 4.79 Å². The molecule has 34 heavy (non-hydrogen) atoms. The molecule has 1 atom stereocenters. The van der Waals surface area contributed by atoms with Crippen molar-refractivity contribution in [2.24, 2.45) is 5.10 Å². The highest BCUT2D eigenvalue weighted by Gasteiger charge is 2.14. The SMILES string of the molecule is COc1ccc(C(=O)Oc2ccc(/C=N\NC(=O)[C@@H](C)Oc3cccc(Cl)c3)cc2)cc1OC. The van der Waals surface area contributed by atoms with E-state index in [1.807, 2.05) is 0 Å². The van der Waals surface area contributed by atoms with Gasteiger partial charge in [-0.15, -0.1) is 0 Å². The van der Waals surface area contributed by atoms with Gasteiger partial charge < -0.3 is 18.9 Å². The monoisotopic (exact) mass is 482 g/mol. The van der Waals surface area contributed by atoms with E-state index in [0.717, 1.165) is 0 Å². The quantitative estimate of drug-likeness (QED) is 0.209. The summed E-state index contributed by atoms with van der Waals surface area (Å²) >= 11 is 5.91. The van der Waals surface area contributed by atoms with Gasteiger partial charge in [-0.05, 0) is 73.2 Å². The van der Waals surface area contributed by atoms with E-state index in [0.29, 0.717) is 39.1 Å². The van der Waals surface area contributed by atoms with Crippen LogP contribution in [0.15, 0.2) is 71.8 Å². The van der Waals surface area contributed by atoms with E-state index >= 15 is 0 Å². The smallest absolute Gasteiger partial charge is 0.343 e. The van der Waals surface area contributed by atoms with Crippen LogP contribution in [0.3, 0.4) is 0 Å². The van der Waals surface area contributed by atoms with Crippen LogP contribution in [0.25, 0.3) is 0 Å². The van der Waals surface area contributed by atoms with Crippen LogP contribution >= 0.6 is 11.6 Å².